The first-order chi connectivity index (χ1) is 12.6. The van der Waals surface area contributed by atoms with E-state index in [2.05, 4.69) is 5.32 Å². The quantitative estimate of drug-likeness (QED) is 0.681. The van der Waals surface area contributed by atoms with E-state index in [1.54, 1.807) is 6.07 Å². The largest absolute Gasteiger partial charge is 0.483 e. The standard InChI is InChI=1S/C20H23NO5/c1-25-12-11-17(20(23)24)21-19(22)14-26-18-10-6-5-9-16(18)13-15-7-3-2-4-8-15/h2-10,17H,11-14H2,1H3,(H,21,22)(H,23,24). The highest BCUT2D eigenvalue weighted by Gasteiger charge is 2.19. The Kier molecular flexibility index (Phi) is 7.64. The number of carboxylic acid groups (broad SMARTS) is 1. The van der Waals surface area contributed by atoms with Crippen LogP contribution in [0.4, 0.5) is 0 Å². The Balaban J connectivity index is 1.94. The summed E-state index contributed by atoms with van der Waals surface area (Å²) in [5.74, 6) is -0.974. The molecule has 0 heterocycles. The SMILES string of the molecule is COCCC(NC(=O)COc1ccccc1Cc1ccccc1)C(=O)O. The predicted octanol–water partition coefficient (Wildman–Crippen LogP) is 2.26. The van der Waals surface area contributed by atoms with Gasteiger partial charge in [-0.1, -0.05) is 48.5 Å². The van der Waals surface area contributed by atoms with Crippen LogP contribution in [-0.2, 0) is 20.7 Å². The number of carboxylic acids is 1. The average Bonchev–Trinajstić information content (AvgIpc) is 2.65. The fourth-order valence-electron chi connectivity index (χ4n) is 2.48. The van der Waals surface area contributed by atoms with Crippen LogP contribution in [0.1, 0.15) is 17.5 Å². The van der Waals surface area contributed by atoms with Gasteiger partial charge in [-0.15, -0.1) is 0 Å². The number of hydrogen-bond donors (Lipinski definition) is 2. The van der Waals surface area contributed by atoms with E-state index in [1.807, 2.05) is 48.5 Å². The summed E-state index contributed by atoms with van der Waals surface area (Å²) in [6.07, 6.45) is 0.881. The third kappa shape index (κ3) is 6.22. The molecule has 0 saturated carbocycles. The van der Waals surface area contributed by atoms with Gasteiger partial charge in [-0.05, 0) is 17.2 Å². The molecule has 2 rings (SSSR count). The first kappa shape index (κ1) is 19.5. The molecule has 0 aromatic heterocycles. The number of hydrogen-bond acceptors (Lipinski definition) is 4. The lowest BCUT2D eigenvalue weighted by molar-refractivity contribution is -0.142. The minimum atomic E-state index is -1.10. The molecule has 1 amide bonds. The Morgan fingerprint density at radius 2 is 1.77 bits per heavy atom. The van der Waals surface area contributed by atoms with Crippen molar-refractivity contribution >= 4 is 11.9 Å². The van der Waals surface area contributed by atoms with Crippen LogP contribution in [0.15, 0.2) is 54.6 Å². The van der Waals surface area contributed by atoms with Crippen molar-refractivity contribution in [1.29, 1.82) is 0 Å². The number of amides is 1. The van der Waals surface area contributed by atoms with Crippen molar-refractivity contribution in [2.75, 3.05) is 20.3 Å². The molecule has 0 fully saturated rings. The molecule has 138 valence electrons. The highest BCUT2D eigenvalue weighted by atomic mass is 16.5. The van der Waals surface area contributed by atoms with Gasteiger partial charge in [0.1, 0.15) is 11.8 Å². The van der Waals surface area contributed by atoms with Crippen molar-refractivity contribution in [2.24, 2.45) is 0 Å². The van der Waals surface area contributed by atoms with Crippen molar-refractivity contribution in [3.05, 3.63) is 65.7 Å². The molecule has 1 unspecified atom stereocenters. The van der Waals surface area contributed by atoms with Crippen molar-refractivity contribution in [2.45, 2.75) is 18.9 Å². The van der Waals surface area contributed by atoms with Crippen LogP contribution in [0.2, 0.25) is 0 Å². The molecule has 0 saturated heterocycles. The van der Waals surface area contributed by atoms with E-state index in [0.717, 1.165) is 11.1 Å². The smallest absolute Gasteiger partial charge is 0.326 e. The van der Waals surface area contributed by atoms with E-state index in [1.165, 1.54) is 7.11 Å². The van der Waals surface area contributed by atoms with Crippen LogP contribution in [0.25, 0.3) is 0 Å². The zero-order chi connectivity index (χ0) is 18.8. The van der Waals surface area contributed by atoms with E-state index < -0.39 is 17.9 Å². The van der Waals surface area contributed by atoms with Gasteiger partial charge < -0.3 is 19.9 Å². The van der Waals surface area contributed by atoms with E-state index in [4.69, 9.17) is 14.6 Å². The fraction of sp³-hybridized carbons (Fsp3) is 0.300. The summed E-state index contributed by atoms with van der Waals surface area (Å²) in [6.45, 7) is 0.000573. The normalized spacial score (nSPS) is 11.6. The number of rotatable bonds is 10. The van der Waals surface area contributed by atoms with Crippen LogP contribution >= 0.6 is 0 Å². The lowest BCUT2D eigenvalue weighted by Crippen LogP contribution is -2.43. The summed E-state index contributed by atoms with van der Waals surface area (Å²) in [5.41, 5.74) is 2.10. The molecule has 6 heteroatoms. The minimum absolute atomic E-state index is 0.197. The van der Waals surface area contributed by atoms with Gasteiger partial charge in [0.05, 0.1) is 0 Å². The number of carbonyl (C=O) groups excluding carboxylic acids is 1. The van der Waals surface area contributed by atoms with Gasteiger partial charge in [0.25, 0.3) is 5.91 Å². The number of methoxy groups -OCH3 is 1. The molecular formula is C20H23NO5. The van der Waals surface area contributed by atoms with Gasteiger partial charge in [0, 0.05) is 26.6 Å². The van der Waals surface area contributed by atoms with Crippen LogP contribution in [0.3, 0.4) is 0 Å². The maximum absolute atomic E-state index is 12.0. The second-order valence-corrected chi connectivity index (χ2v) is 5.80. The monoisotopic (exact) mass is 357 g/mol. The second kappa shape index (κ2) is 10.2. The molecule has 0 bridgehead atoms. The number of carbonyl (C=O) groups is 2. The average molecular weight is 357 g/mol. The fourth-order valence-corrected chi connectivity index (χ4v) is 2.48. The van der Waals surface area contributed by atoms with Crippen LogP contribution < -0.4 is 10.1 Å². The van der Waals surface area contributed by atoms with E-state index >= 15 is 0 Å². The lowest BCUT2D eigenvalue weighted by atomic mass is 10.0. The molecule has 0 aliphatic rings. The summed E-state index contributed by atoms with van der Waals surface area (Å²) >= 11 is 0. The zero-order valence-electron chi connectivity index (χ0n) is 14.7. The zero-order valence-corrected chi connectivity index (χ0v) is 14.7. The van der Waals surface area contributed by atoms with Crippen molar-refractivity contribution in [3.63, 3.8) is 0 Å². The second-order valence-electron chi connectivity index (χ2n) is 5.80. The molecule has 1 atom stereocenters. The number of benzene rings is 2. The lowest BCUT2D eigenvalue weighted by Gasteiger charge is -2.15. The maximum atomic E-state index is 12.0. The summed E-state index contributed by atoms with van der Waals surface area (Å²) in [5, 5.41) is 11.6. The molecule has 26 heavy (non-hydrogen) atoms. The van der Waals surface area contributed by atoms with Gasteiger partial charge in [0.2, 0.25) is 0 Å². The van der Waals surface area contributed by atoms with Crippen molar-refractivity contribution in [3.8, 4) is 5.75 Å². The summed E-state index contributed by atoms with van der Waals surface area (Å²) in [4.78, 5) is 23.2. The Hall–Kier alpha value is -2.86. The highest BCUT2D eigenvalue weighted by molar-refractivity contribution is 5.84. The van der Waals surface area contributed by atoms with E-state index in [-0.39, 0.29) is 19.6 Å². The Morgan fingerprint density at radius 3 is 2.46 bits per heavy atom. The predicted molar refractivity (Wildman–Crippen MR) is 97.2 cm³/mol. The maximum Gasteiger partial charge on any atom is 0.326 e. The molecule has 6 nitrogen and oxygen atoms in total. The number of nitrogens with one attached hydrogen (secondary N) is 1. The van der Waals surface area contributed by atoms with E-state index in [9.17, 15) is 9.59 Å². The number of aliphatic carboxylic acids is 1. The van der Waals surface area contributed by atoms with Gasteiger partial charge in [-0.2, -0.15) is 0 Å². The topological polar surface area (TPSA) is 84.9 Å². The third-order valence-corrected chi connectivity index (χ3v) is 3.81. The summed E-state index contributed by atoms with van der Waals surface area (Å²) < 4.78 is 10.5. The molecular weight excluding hydrogens is 334 g/mol. The van der Waals surface area contributed by atoms with Crippen molar-refractivity contribution < 1.29 is 24.2 Å². The Morgan fingerprint density at radius 1 is 1.08 bits per heavy atom. The molecule has 0 radical (unpaired) electrons. The molecule has 2 aromatic carbocycles. The van der Waals surface area contributed by atoms with Gasteiger partial charge in [-0.3, -0.25) is 4.79 Å². The van der Waals surface area contributed by atoms with Crippen LogP contribution in [0, 0.1) is 0 Å². The molecule has 2 aromatic rings. The van der Waals surface area contributed by atoms with E-state index in [0.29, 0.717) is 12.2 Å². The Labute approximate surface area is 152 Å². The van der Waals surface area contributed by atoms with Crippen LogP contribution in [0.5, 0.6) is 5.75 Å². The van der Waals surface area contributed by atoms with Gasteiger partial charge in [0.15, 0.2) is 6.61 Å². The minimum Gasteiger partial charge on any atom is -0.483 e. The van der Waals surface area contributed by atoms with Gasteiger partial charge >= 0.3 is 5.97 Å². The van der Waals surface area contributed by atoms with Crippen LogP contribution in [-0.4, -0.2) is 43.3 Å². The first-order valence-corrected chi connectivity index (χ1v) is 8.36. The number of para-hydroxylation sites is 1. The molecule has 0 aliphatic heterocycles. The van der Waals surface area contributed by atoms with Gasteiger partial charge in [-0.25, -0.2) is 4.79 Å². The first-order valence-electron chi connectivity index (χ1n) is 8.36. The molecule has 0 spiro atoms. The molecule has 2 N–H and O–H groups in total. The molecule has 0 aliphatic carbocycles. The third-order valence-electron chi connectivity index (χ3n) is 3.81. The Bertz CT molecular complexity index is 717. The summed E-state index contributed by atoms with van der Waals surface area (Å²) in [6, 6.07) is 16.4. The number of ether oxygens (including phenoxy) is 2. The van der Waals surface area contributed by atoms with Crippen molar-refractivity contribution in [1.82, 2.24) is 5.32 Å². The summed E-state index contributed by atoms with van der Waals surface area (Å²) in [7, 11) is 1.48. The highest BCUT2D eigenvalue weighted by Crippen LogP contribution is 2.21.